The van der Waals surface area contributed by atoms with E-state index < -0.39 is 0 Å². The molecule has 5 heteroatoms. The van der Waals surface area contributed by atoms with Crippen molar-refractivity contribution in [2.75, 3.05) is 11.9 Å². The van der Waals surface area contributed by atoms with Gasteiger partial charge in [-0.25, -0.2) is 0 Å². The summed E-state index contributed by atoms with van der Waals surface area (Å²) in [6, 6.07) is 12.3. The van der Waals surface area contributed by atoms with E-state index in [0.717, 1.165) is 12.8 Å². The van der Waals surface area contributed by atoms with Gasteiger partial charge >= 0.3 is 0 Å². The Morgan fingerprint density at radius 3 is 2.62 bits per heavy atom. The quantitative estimate of drug-likeness (QED) is 0.565. The zero-order chi connectivity index (χ0) is 17.4. The summed E-state index contributed by atoms with van der Waals surface area (Å²) in [5, 5.41) is 3.51. The van der Waals surface area contributed by atoms with E-state index in [1.165, 1.54) is 12.8 Å². The maximum absolute atomic E-state index is 12.5. The molecule has 2 aromatic carbocycles. The highest BCUT2D eigenvalue weighted by molar-refractivity contribution is 6.44. The van der Waals surface area contributed by atoms with Gasteiger partial charge in [0.25, 0.3) is 5.91 Å². The van der Waals surface area contributed by atoms with Gasteiger partial charge in [0.2, 0.25) is 0 Å². The summed E-state index contributed by atoms with van der Waals surface area (Å²) in [5.74, 6) is 0.299. The van der Waals surface area contributed by atoms with E-state index in [9.17, 15) is 4.79 Å². The molecule has 0 aliphatic heterocycles. The zero-order valence-corrected chi connectivity index (χ0v) is 15.2. The number of anilines is 1. The molecule has 0 bridgehead atoms. The van der Waals surface area contributed by atoms with Crippen LogP contribution in [0.1, 0.15) is 43.0 Å². The summed E-state index contributed by atoms with van der Waals surface area (Å²) < 4.78 is 5.78. The number of benzene rings is 2. The van der Waals surface area contributed by atoms with Crippen molar-refractivity contribution in [3.05, 3.63) is 58.1 Å². The molecule has 0 fully saturated rings. The van der Waals surface area contributed by atoms with E-state index in [0.29, 0.717) is 33.7 Å². The third kappa shape index (κ3) is 5.15. The molecular formula is C19H21Cl2NO2. The molecule has 0 saturated heterocycles. The lowest BCUT2D eigenvalue weighted by Crippen LogP contribution is -2.14. The molecule has 1 amide bonds. The van der Waals surface area contributed by atoms with Crippen molar-refractivity contribution >= 4 is 34.8 Å². The van der Waals surface area contributed by atoms with Gasteiger partial charge in [-0.15, -0.1) is 0 Å². The topological polar surface area (TPSA) is 38.3 Å². The van der Waals surface area contributed by atoms with Crippen molar-refractivity contribution < 1.29 is 9.53 Å². The summed E-state index contributed by atoms with van der Waals surface area (Å²) in [6.45, 7) is 2.77. The third-order valence-electron chi connectivity index (χ3n) is 3.59. The number of carbonyl (C=O) groups excluding carboxylic acids is 1. The minimum atomic E-state index is -0.275. The molecule has 0 heterocycles. The minimum Gasteiger partial charge on any atom is -0.493 e. The molecule has 2 rings (SSSR count). The molecule has 0 aliphatic carbocycles. The van der Waals surface area contributed by atoms with Gasteiger partial charge in [-0.1, -0.05) is 67.6 Å². The molecule has 0 spiro atoms. The van der Waals surface area contributed by atoms with Crippen LogP contribution in [-0.4, -0.2) is 12.5 Å². The van der Waals surface area contributed by atoms with Crippen LogP contribution in [0.15, 0.2) is 42.5 Å². The first-order valence-corrected chi connectivity index (χ1v) is 8.86. The van der Waals surface area contributed by atoms with E-state index in [1.54, 1.807) is 36.4 Å². The Kier molecular flexibility index (Phi) is 7.41. The lowest BCUT2D eigenvalue weighted by atomic mass is 10.1. The molecule has 0 unspecified atom stereocenters. The first kappa shape index (κ1) is 18.6. The second-order valence-corrected chi connectivity index (χ2v) is 6.25. The lowest BCUT2D eigenvalue weighted by Gasteiger charge is -2.12. The number of carbonyl (C=O) groups is 1. The molecule has 0 atom stereocenters. The average Bonchev–Trinajstić information content (AvgIpc) is 2.59. The highest BCUT2D eigenvalue weighted by Crippen LogP contribution is 2.30. The van der Waals surface area contributed by atoms with E-state index in [2.05, 4.69) is 12.2 Å². The molecule has 0 radical (unpaired) electrons. The Morgan fingerprint density at radius 2 is 1.83 bits per heavy atom. The summed E-state index contributed by atoms with van der Waals surface area (Å²) >= 11 is 12.1. The first-order valence-electron chi connectivity index (χ1n) is 8.10. The molecular weight excluding hydrogens is 345 g/mol. The Hall–Kier alpha value is -1.71. The largest absolute Gasteiger partial charge is 0.493 e. The van der Waals surface area contributed by atoms with Crippen molar-refractivity contribution in [1.29, 1.82) is 0 Å². The van der Waals surface area contributed by atoms with Crippen molar-refractivity contribution in [2.45, 2.75) is 32.6 Å². The predicted octanol–water partition coefficient (Wildman–Crippen LogP) is 6.20. The highest BCUT2D eigenvalue weighted by atomic mass is 35.5. The Balaban J connectivity index is 2.05. The highest BCUT2D eigenvalue weighted by Gasteiger charge is 2.14. The standard InChI is InChI=1S/C19H21Cl2NO2/c1-2-3-4-7-13-24-17-12-6-5-9-14(17)19(23)22-16-11-8-10-15(20)18(16)21/h5-6,8-12H,2-4,7,13H2,1H3,(H,22,23). The van der Waals surface area contributed by atoms with E-state index in [1.807, 2.05) is 6.07 Å². The van der Waals surface area contributed by atoms with Crippen LogP contribution in [0.2, 0.25) is 10.0 Å². The van der Waals surface area contributed by atoms with Crippen LogP contribution in [0.3, 0.4) is 0 Å². The van der Waals surface area contributed by atoms with E-state index in [4.69, 9.17) is 27.9 Å². The van der Waals surface area contributed by atoms with E-state index >= 15 is 0 Å². The molecule has 0 aliphatic rings. The summed E-state index contributed by atoms with van der Waals surface area (Å²) in [6.07, 6.45) is 4.48. The molecule has 0 saturated carbocycles. The van der Waals surface area contributed by atoms with E-state index in [-0.39, 0.29) is 5.91 Å². The number of amides is 1. The Labute approximate surface area is 152 Å². The SMILES string of the molecule is CCCCCCOc1ccccc1C(=O)Nc1cccc(Cl)c1Cl. The van der Waals surface area contributed by atoms with Gasteiger partial charge in [0, 0.05) is 0 Å². The fourth-order valence-electron chi connectivity index (χ4n) is 2.28. The van der Waals surface area contributed by atoms with Crippen LogP contribution in [0.4, 0.5) is 5.69 Å². The third-order valence-corrected chi connectivity index (χ3v) is 4.41. The maximum Gasteiger partial charge on any atom is 0.259 e. The number of hydrogen-bond acceptors (Lipinski definition) is 2. The van der Waals surface area contributed by atoms with Gasteiger partial charge in [0.15, 0.2) is 0 Å². The zero-order valence-electron chi connectivity index (χ0n) is 13.6. The second kappa shape index (κ2) is 9.55. The summed E-state index contributed by atoms with van der Waals surface area (Å²) in [5.41, 5.74) is 0.955. The number of unbranched alkanes of at least 4 members (excludes halogenated alkanes) is 3. The smallest absolute Gasteiger partial charge is 0.259 e. The summed E-state index contributed by atoms with van der Waals surface area (Å²) in [7, 11) is 0. The van der Waals surface area contributed by atoms with Crippen LogP contribution in [0, 0.1) is 0 Å². The fraction of sp³-hybridized carbons (Fsp3) is 0.316. The van der Waals surface area contributed by atoms with Crippen LogP contribution in [0.25, 0.3) is 0 Å². The molecule has 2 aromatic rings. The predicted molar refractivity (Wildman–Crippen MR) is 100 cm³/mol. The first-order chi connectivity index (χ1) is 11.6. The summed E-state index contributed by atoms with van der Waals surface area (Å²) in [4.78, 5) is 12.5. The van der Waals surface area contributed by atoms with Gasteiger partial charge in [0.05, 0.1) is 27.9 Å². The number of para-hydroxylation sites is 1. The Bertz CT molecular complexity index is 689. The normalized spacial score (nSPS) is 10.5. The van der Waals surface area contributed by atoms with Gasteiger partial charge in [-0.3, -0.25) is 4.79 Å². The molecule has 0 aromatic heterocycles. The number of nitrogens with one attached hydrogen (secondary N) is 1. The molecule has 3 nitrogen and oxygen atoms in total. The molecule has 1 N–H and O–H groups in total. The number of rotatable bonds is 8. The number of halogens is 2. The Morgan fingerprint density at radius 1 is 1.04 bits per heavy atom. The minimum absolute atomic E-state index is 0.275. The van der Waals surface area contributed by atoms with Crippen molar-refractivity contribution in [1.82, 2.24) is 0 Å². The fourth-order valence-corrected chi connectivity index (χ4v) is 2.63. The number of hydrogen-bond donors (Lipinski definition) is 1. The van der Waals surface area contributed by atoms with Gasteiger partial charge in [-0.2, -0.15) is 0 Å². The van der Waals surface area contributed by atoms with Crippen molar-refractivity contribution in [3.63, 3.8) is 0 Å². The molecule has 24 heavy (non-hydrogen) atoms. The van der Waals surface area contributed by atoms with Crippen molar-refractivity contribution in [3.8, 4) is 5.75 Å². The average molecular weight is 366 g/mol. The van der Waals surface area contributed by atoms with Crippen LogP contribution < -0.4 is 10.1 Å². The van der Waals surface area contributed by atoms with Crippen LogP contribution >= 0.6 is 23.2 Å². The van der Waals surface area contributed by atoms with Crippen molar-refractivity contribution in [2.24, 2.45) is 0 Å². The van der Waals surface area contributed by atoms with Gasteiger partial charge < -0.3 is 10.1 Å². The lowest BCUT2D eigenvalue weighted by molar-refractivity contribution is 0.102. The van der Waals surface area contributed by atoms with Crippen LogP contribution in [0.5, 0.6) is 5.75 Å². The maximum atomic E-state index is 12.5. The van der Waals surface area contributed by atoms with Gasteiger partial charge in [0.1, 0.15) is 5.75 Å². The second-order valence-electron chi connectivity index (χ2n) is 5.46. The monoisotopic (exact) mass is 365 g/mol. The van der Waals surface area contributed by atoms with Gasteiger partial charge in [-0.05, 0) is 30.7 Å². The van der Waals surface area contributed by atoms with Crippen LogP contribution in [-0.2, 0) is 0 Å². The molecule has 128 valence electrons. The number of ether oxygens (including phenoxy) is 1.